The number of hydrogen-bond acceptors (Lipinski definition) is 3. The number of aryl methyl sites for hydroxylation is 1. The second kappa shape index (κ2) is 4.39. The molecular formula is C8H11N3O2. The second-order valence-corrected chi connectivity index (χ2v) is 2.63. The molecule has 1 rings (SSSR count). The van der Waals surface area contributed by atoms with Gasteiger partial charge in [-0.05, 0) is 18.6 Å². The van der Waals surface area contributed by atoms with Gasteiger partial charge in [-0.15, -0.1) is 0 Å². The summed E-state index contributed by atoms with van der Waals surface area (Å²) in [7, 11) is 0. The first-order chi connectivity index (χ1) is 6.20. The number of carboxylic acids is 1. The van der Waals surface area contributed by atoms with Crippen LogP contribution in [0.2, 0.25) is 0 Å². The van der Waals surface area contributed by atoms with E-state index in [1.54, 1.807) is 18.3 Å². The first kappa shape index (κ1) is 9.44. The summed E-state index contributed by atoms with van der Waals surface area (Å²) in [4.78, 5) is 10.2. The van der Waals surface area contributed by atoms with E-state index in [0.29, 0.717) is 18.5 Å². The molecule has 0 atom stereocenters. The minimum absolute atomic E-state index is 0.114. The zero-order valence-electron chi connectivity index (χ0n) is 7.10. The molecule has 2 N–H and O–H groups in total. The molecule has 13 heavy (non-hydrogen) atoms. The largest absolute Gasteiger partial charge is 0.481 e. The molecule has 0 bridgehead atoms. The van der Waals surface area contributed by atoms with Gasteiger partial charge in [-0.25, -0.2) is 4.68 Å². The molecule has 0 saturated carbocycles. The van der Waals surface area contributed by atoms with Crippen molar-refractivity contribution in [3.05, 3.63) is 23.8 Å². The minimum Gasteiger partial charge on any atom is -0.481 e. The van der Waals surface area contributed by atoms with Crippen LogP contribution < -0.4 is 5.49 Å². The van der Waals surface area contributed by atoms with Gasteiger partial charge < -0.3 is 5.11 Å². The topological polar surface area (TPSA) is 79.0 Å². The lowest BCUT2D eigenvalue weighted by atomic mass is 10.3. The number of aromatic nitrogens is 2. The van der Waals surface area contributed by atoms with Gasteiger partial charge >= 0.3 is 5.97 Å². The Morgan fingerprint density at radius 3 is 3.08 bits per heavy atom. The Balaban J connectivity index is 2.50. The molecule has 0 radical (unpaired) electrons. The number of carbonyl (C=O) groups is 1. The van der Waals surface area contributed by atoms with Crippen LogP contribution in [0.1, 0.15) is 12.8 Å². The fourth-order valence-electron chi connectivity index (χ4n) is 0.960. The van der Waals surface area contributed by atoms with Crippen molar-refractivity contribution in [2.24, 2.45) is 0 Å². The summed E-state index contributed by atoms with van der Waals surface area (Å²) in [5.74, 6) is -0.817. The van der Waals surface area contributed by atoms with E-state index >= 15 is 0 Å². The van der Waals surface area contributed by atoms with Crippen LogP contribution in [0.4, 0.5) is 0 Å². The van der Waals surface area contributed by atoms with Crippen molar-refractivity contribution in [2.45, 2.75) is 19.4 Å². The third-order valence-electron chi connectivity index (χ3n) is 1.58. The van der Waals surface area contributed by atoms with Gasteiger partial charge in [-0.2, -0.15) is 5.10 Å². The lowest BCUT2D eigenvalue weighted by Gasteiger charge is -2.02. The van der Waals surface area contributed by atoms with Crippen molar-refractivity contribution in [1.82, 2.24) is 9.78 Å². The smallest absolute Gasteiger partial charge is 0.303 e. The Kier molecular flexibility index (Phi) is 3.19. The molecule has 0 aliphatic heterocycles. The lowest BCUT2D eigenvalue weighted by molar-refractivity contribution is -0.137. The highest BCUT2D eigenvalue weighted by Gasteiger charge is 1.97. The van der Waals surface area contributed by atoms with E-state index in [2.05, 4.69) is 5.10 Å². The maximum Gasteiger partial charge on any atom is 0.303 e. The molecule has 1 heterocycles. The maximum absolute atomic E-state index is 10.2. The summed E-state index contributed by atoms with van der Waals surface area (Å²) in [6.07, 6.45) is 2.20. The molecule has 0 aliphatic carbocycles. The molecular weight excluding hydrogens is 170 g/mol. The summed E-state index contributed by atoms with van der Waals surface area (Å²) >= 11 is 0. The van der Waals surface area contributed by atoms with Crippen LogP contribution in [-0.2, 0) is 11.3 Å². The molecule has 5 heteroatoms. The lowest BCUT2D eigenvalue weighted by Crippen LogP contribution is -2.21. The van der Waals surface area contributed by atoms with Gasteiger partial charge in [0.15, 0.2) is 0 Å². The van der Waals surface area contributed by atoms with Crippen LogP contribution in [0.25, 0.3) is 0 Å². The van der Waals surface area contributed by atoms with E-state index < -0.39 is 5.97 Å². The zero-order chi connectivity index (χ0) is 9.68. The van der Waals surface area contributed by atoms with Crippen molar-refractivity contribution in [2.75, 3.05) is 0 Å². The summed E-state index contributed by atoms with van der Waals surface area (Å²) in [5.41, 5.74) is 0.299. The van der Waals surface area contributed by atoms with Gasteiger partial charge in [0.1, 0.15) is 5.49 Å². The van der Waals surface area contributed by atoms with E-state index in [-0.39, 0.29) is 6.42 Å². The van der Waals surface area contributed by atoms with Gasteiger partial charge in [0.2, 0.25) is 0 Å². The molecule has 0 aliphatic rings. The molecule has 0 fully saturated rings. The van der Waals surface area contributed by atoms with Crippen molar-refractivity contribution in [3.63, 3.8) is 0 Å². The average molecular weight is 181 g/mol. The summed E-state index contributed by atoms with van der Waals surface area (Å²) in [6.45, 7) is 0.478. The van der Waals surface area contributed by atoms with Gasteiger partial charge in [0, 0.05) is 19.2 Å². The van der Waals surface area contributed by atoms with Crippen LogP contribution in [0, 0.1) is 5.41 Å². The van der Waals surface area contributed by atoms with Crippen molar-refractivity contribution in [3.8, 4) is 0 Å². The molecule has 1 aromatic rings. The quantitative estimate of drug-likeness (QED) is 0.697. The molecule has 70 valence electrons. The summed E-state index contributed by atoms with van der Waals surface area (Å²) in [6, 6.07) is 3.30. The zero-order valence-corrected chi connectivity index (χ0v) is 7.10. The number of aliphatic carboxylic acids is 1. The van der Waals surface area contributed by atoms with E-state index in [4.69, 9.17) is 10.5 Å². The standard InChI is InChI=1S/C8H11N3O2/c9-7-3-1-5-10-11(7)6-2-4-8(12)13/h1,3,5,9H,2,4,6H2,(H,12,13). The van der Waals surface area contributed by atoms with Crippen LogP contribution in [0.15, 0.2) is 18.3 Å². The van der Waals surface area contributed by atoms with Gasteiger partial charge in [-0.3, -0.25) is 10.2 Å². The average Bonchev–Trinajstić information content (AvgIpc) is 2.08. The number of carboxylic acid groups (broad SMARTS) is 1. The predicted molar refractivity (Wildman–Crippen MR) is 45.0 cm³/mol. The first-order valence-electron chi connectivity index (χ1n) is 3.98. The van der Waals surface area contributed by atoms with Crippen LogP contribution in [0.3, 0.4) is 0 Å². The normalized spacial score (nSPS) is 9.85. The molecule has 1 aromatic heterocycles. The van der Waals surface area contributed by atoms with Gasteiger partial charge in [-0.1, -0.05) is 0 Å². The van der Waals surface area contributed by atoms with Crippen molar-refractivity contribution >= 4 is 5.97 Å². The van der Waals surface area contributed by atoms with Crippen molar-refractivity contribution in [1.29, 1.82) is 5.41 Å². The molecule has 0 aromatic carbocycles. The van der Waals surface area contributed by atoms with Crippen molar-refractivity contribution < 1.29 is 9.90 Å². The third-order valence-corrected chi connectivity index (χ3v) is 1.58. The van der Waals surface area contributed by atoms with Crippen LogP contribution in [0.5, 0.6) is 0 Å². The van der Waals surface area contributed by atoms with E-state index in [1.165, 1.54) is 4.68 Å². The molecule has 0 amide bonds. The fraction of sp³-hybridized carbons (Fsp3) is 0.375. The Hall–Kier alpha value is -1.65. The highest BCUT2D eigenvalue weighted by molar-refractivity contribution is 5.66. The SMILES string of the molecule is N=c1cccnn1CCCC(=O)O. The summed E-state index contributed by atoms with van der Waals surface area (Å²) < 4.78 is 1.48. The van der Waals surface area contributed by atoms with Crippen LogP contribution in [-0.4, -0.2) is 20.9 Å². The van der Waals surface area contributed by atoms with Gasteiger partial charge in [0.05, 0.1) is 0 Å². The third kappa shape index (κ3) is 3.06. The predicted octanol–water partition coefficient (Wildman–Crippen LogP) is 0.227. The number of nitrogens with one attached hydrogen (secondary N) is 1. The number of nitrogens with zero attached hydrogens (tertiary/aromatic N) is 2. The Morgan fingerprint density at radius 1 is 1.69 bits per heavy atom. The molecule has 0 unspecified atom stereocenters. The Morgan fingerprint density at radius 2 is 2.46 bits per heavy atom. The van der Waals surface area contributed by atoms with E-state index in [1.807, 2.05) is 0 Å². The molecule has 5 nitrogen and oxygen atoms in total. The van der Waals surface area contributed by atoms with E-state index in [0.717, 1.165) is 0 Å². The highest BCUT2D eigenvalue weighted by atomic mass is 16.4. The number of rotatable bonds is 4. The number of hydrogen-bond donors (Lipinski definition) is 2. The second-order valence-electron chi connectivity index (χ2n) is 2.63. The minimum atomic E-state index is -0.817. The van der Waals surface area contributed by atoms with E-state index in [9.17, 15) is 4.79 Å². The first-order valence-corrected chi connectivity index (χ1v) is 3.98. The summed E-state index contributed by atoms with van der Waals surface area (Å²) in [5, 5.41) is 19.7. The maximum atomic E-state index is 10.2. The Bertz CT molecular complexity index is 345. The van der Waals surface area contributed by atoms with Crippen LogP contribution >= 0.6 is 0 Å². The Labute approximate surface area is 75.1 Å². The molecule has 0 saturated heterocycles. The monoisotopic (exact) mass is 181 g/mol. The molecule has 0 spiro atoms. The fourth-order valence-corrected chi connectivity index (χ4v) is 0.960. The highest BCUT2D eigenvalue weighted by Crippen LogP contribution is 1.90. The van der Waals surface area contributed by atoms with Gasteiger partial charge in [0.25, 0.3) is 0 Å².